The fourth-order valence-corrected chi connectivity index (χ4v) is 0.341. The third-order valence-corrected chi connectivity index (χ3v) is 1.42. The van der Waals surface area contributed by atoms with Crippen molar-refractivity contribution in [2.24, 2.45) is 5.16 Å². The molecule has 0 aliphatic heterocycles. The van der Waals surface area contributed by atoms with Crippen molar-refractivity contribution in [3.63, 3.8) is 0 Å². The number of halogens is 1. The van der Waals surface area contributed by atoms with Gasteiger partial charge >= 0.3 is 0 Å². The van der Waals surface area contributed by atoms with E-state index >= 15 is 0 Å². The second kappa shape index (κ2) is 3.82. The fraction of sp³-hybridized carbons (Fsp3) is 0.500. The first kappa shape index (κ1) is 7.87. The van der Waals surface area contributed by atoms with Crippen LogP contribution in [0.15, 0.2) is 5.16 Å². The van der Waals surface area contributed by atoms with Gasteiger partial charge in [0.05, 0.1) is 0 Å². The van der Waals surface area contributed by atoms with E-state index in [1.807, 2.05) is 0 Å². The lowest BCUT2D eigenvalue weighted by Gasteiger charge is -1.86. The molecule has 4 heteroatoms. The van der Waals surface area contributed by atoms with Crippen LogP contribution in [0.4, 0.5) is 0 Å². The monoisotopic (exact) mass is 227 g/mol. The quantitative estimate of drug-likeness (QED) is 0.400. The van der Waals surface area contributed by atoms with Gasteiger partial charge in [-0.05, 0) is 22.6 Å². The van der Waals surface area contributed by atoms with Gasteiger partial charge in [0.15, 0.2) is 9.50 Å². The minimum Gasteiger partial charge on any atom is -0.398 e. The maximum Gasteiger partial charge on any atom is 0.187 e. The minimum atomic E-state index is -0.0764. The van der Waals surface area contributed by atoms with Crippen LogP contribution < -0.4 is 0 Å². The molecule has 0 radical (unpaired) electrons. The molecule has 0 heterocycles. The van der Waals surface area contributed by atoms with Gasteiger partial charge in [-0.15, -0.1) is 0 Å². The lowest BCUT2D eigenvalue weighted by atomic mass is 10.5. The Morgan fingerprint density at radius 2 is 2.25 bits per heavy atom. The Hall–Kier alpha value is -0.130. The summed E-state index contributed by atoms with van der Waals surface area (Å²) in [5.41, 5.74) is 0. The second-order valence-corrected chi connectivity index (χ2v) is 2.14. The van der Waals surface area contributed by atoms with Crippen molar-refractivity contribution >= 4 is 32.1 Å². The van der Waals surface area contributed by atoms with Crippen molar-refractivity contribution in [1.29, 1.82) is 0 Å². The first-order valence-electron chi connectivity index (χ1n) is 1.96. The smallest absolute Gasteiger partial charge is 0.187 e. The summed E-state index contributed by atoms with van der Waals surface area (Å²) < 4.78 is 0.366. The van der Waals surface area contributed by atoms with Crippen molar-refractivity contribution in [3.8, 4) is 0 Å². The van der Waals surface area contributed by atoms with Crippen molar-refractivity contribution in [1.82, 2.24) is 0 Å². The average molecular weight is 227 g/mol. The predicted molar refractivity (Wildman–Crippen MR) is 39.1 cm³/mol. The lowest BCUT2D eigenvalue weighted by molar-refractivity contribution is -0.110. The van der Waals surface area contributed by atoms with E-state index in [2.05, 4.69) is 9.99 Å². The molecule has 0 saturated carbocycles. The van der Waals surface area contributed by atoms with Crippen molar-refractivity contribution in [3.05, 3.63) is 0 Å². The number of rotatable bonds is 2. The van der Waals surface area contributed by atoms with Crippen LogP contribution in [0, 0.1) is 0 Å². The number of Topliss-reactive ketones (excluding diaryl/α,β-unsaturated/α-hetero) is 1. The number of hydrogen-bond donors (Lipinski definition) is 0. The predicted octanol–water partition coefficient (Wildman–Crippen LogP) is 0.970. The van der Waals surface area contributed by atoms with Crippen LogP contribution in [0.25, 0.3) is 0 Å². The van der Waals surface area contributed by atoms with E-state index in [1.54, 1.807) is 22.6 Å². The molecule has 0 amide bonds. The lowest BCUT2D eigenvalue weighted by Crippen LogP contribution is -1.99. The molecule has 0 aromatic heterocycles. The molecule has 8 heavy (non-hydrogen) atoms. The molecule has 0 aliphatic carbocycles. The van der Waals surface area contributed by atoms with Gasteiger partial charge in [0.2, 0.25) is 0 Å². The van der Waals surface area contributed by atoms with Crippen LogP contribution in [-0.4, -0.2) is 16.6 Å². The van der Waals surface area contributed by atoms with Crippen LogP contribution in [0.2, 0.25) is 0 Å². The normalized spacial score (nSPS) is 11.1. The highest BCUT2D eigenvalue weighted by Crippen LogP contribution is 1.91. The molecule has 0 saturated heterocycles. The highest BCUT2D eigenvalue weighted by Gasteiger charge is 1.97. The maximum atomic E-state index is 10.3. The average Bonchev–Trinajstić information content (AvgIpc) is 1.67. The standard InChI is InChI=1S/C4H6INO2/c1-3(7)4(5)6-8-2/h1-2H3/b6-4-. The van der Waals surface area contributed by atoms with E-state index in [9.17, 15) is 4.79 Å². The summed E-state index contributed by atoms with van der Waals surface area (Å²) in [4.78, 5) is 14.6. The Bertz CT molecular complexity index is 121. The van der Waals surface area contributed by atoms with E-state index in [-0.39, 0.29) is 5.78 Å². The van der Waals surface area contributed by atoms with E-state index in [4.69, 9.17) is 0 Å². The Kier molecular flexibility index (Phi) is 3.76. The molecule has 0 aromatic carbocycles. The minimum absolute atomic E-state index is 0.0764. The highest BCUT2D eigenvalue weighted by molar-refractivity contribution is 14.1. The largest absolute Gasteiger partial charge is 0.398 e. The molecular formula is C4H6INO2. The molecule has 0 rings (SSSR count). The Labute approximate surface area is 61.2 Å². The van der Waals surface area contributed by atoms with Gasteiger partial charge in [0.1, 0.15) is 7.11 Å². The summed E-state index contributed by atoms with van der Waals surface area (Å²) >= 11 is 1.81. The summed E-state index contributed by atoms with van der Waals surface area (Å²) in [5.74, 6) is -0.0764. The Morgan fingerprint density at radius 3 is 2.38 bits per heavy atom. The number of carbonyl (C=O) groups is 1. The van der Waals surface area contributed by atoms with Gasteiger partial charge in [-0.3, -0.25) is 4.79 Å². The highest BCUT2D eigenvalue weighted by atomic mass is 127. The van der Waals surface area contributed by atoms with Gasteiger partial charge in [-0.25, -0.2) is 0 Å². The molecule has 0 bridgehead atoms. The summed E-state index contributed by atoms with van der Waals surface area (Å²) in [6.45, 7) is 1.43. The molecule has 0 aromatic rings. The molecule has 0 N–H and O–H groups in total. The topological polar surface area (TPSA) is 38.7 Å². The number of oxime groups is 1. The molecule has 0 atom stereocenters. The number of nitrogens with zero attached hydrogens (tertiary/aromatic N) is 1. The van der Waals surface area contributed by atoms with Crippen LogP contribution >= 0.6 is 22.6 Å². The molecule has 3 nitrogen and oxygen atoms in total. The SMILES string of the molecule is CO/N=C(\I)C(C)=O. The fourth-order valence-electron chi connectivity index (χ4n) is 0.144. The molecule has 0 fully saturated rings. The van der Waals surface area contributed by atoms with Crippen molar-refractivity contribution in [2.45, 2.75) is 6.92 Å². The van der Waals surface area contributed by atoms with E-state index in [1.165, 1.54) is 14.0 Å². The summed E-state index contributed by atoms with van der Waals surface area (Å²) in [5, 5.41) is 3.38. The van der Waals surface area contributed by atoms with Gasteiger partial charge in [-0.2, -0.15) is 0 Å². The second-order valence-electron chi connectivity index (χ2n) is 1.12. The Balaban J connectivity index is 3.80. The van der Waals surface area contributed by atoms with E-state index in [0.29, 0.717) is 3.72 Å². The van der Waals surface area contributed by atoms with Crippen molar-refractivity contribution < 1.29 is 9.63 Å². The van der Waals surface area contributed by atoms with Crippen LogP contribution in [0.5, 0.6) is 0 Å². The zero-order valence-electron chi connectivity index (χ0n) is 4.64. The zero-order chi connectivity index (χ0) is 6.57. The zero-order valence-corrected chi connectivity index (χ0v) is 6.80. The third-order valence-electron chi connectivity index (χ3n) is 0.462. The molecular weight excluding hydrogens is 221 g/mol. The van der Waals surface area contributed by atoms with Gasteiger partial charge in [0, 0.05) is 6.92 Å². The van der Waals surface area contributed by atoms with Crippen LogP contribution in [0.3, 0.4) is 0 Å². The summed E-state index contributed by atoms with van der Waals surface area (Å²) in [6.07, 6.45) is 0. The van der Waals surface area contributed by atoms with E-state index < -0.39 is 0 Å². The molecule has 0 unspecified atom stereocenters. The summed E-state index contributed by atoms with van der Waals surface area (Å²) in [6, 6.07) is 0. The van der Waals surface area contributed by atoms with Gasteiger partial charge in [-0.1, -0.05) is 5.16 Å². The third kappa shape index (κ3) is 2.95. The van der Waals surface area contributed by atoms with Crippen molar-refractivity contribution in [2.75, 3.05) is 7.11 Å². The van der Waals surface area contributed by atoms with Gasteiger partial charge < -0.3 is 4.84 Å². The number of ketones is 1. The Morgan fingerprint density at radius 1 is 1.75 bits per heavy atom. The number of hydrogen-bond acceptors (Lipinski definition) is 3. The molecule has 0 aliphatic rings. The van der Waals surface area contributed by atoms with Crippen LogP contribution in [-0.2, 0) is 9.63 Å². The van der Waals surface area contributed by atoms with Crippen LogP contribution in [0.1, 0.15) is 6.92 Å². The summed E-state index contributed by atoms with van der Waals surface area (Å²) in [7, 11) is 1.40. The maximum absolute atomic E-state index is 10.3. The van der Waals surface area contributed by atoms with E-state index in [0.717, 1.165) is 0 Å². The number of carbonyl (C=O) groups excluding carboxylic acids is 1. The first-order chi connectivity index (χ1) is 3.68. The molecule has 0 spiro atoms. The first-order valence-corrected chi connectivity index (χ1v) is 3.04. The van der Waals surface area contributed by atoms with Gasteiger partial charge in [0.25, 0.3) is 0 Å². The molecule has 46 valence electrons.